The maximum atomic E-state index is 11.2. The number of rotatable bonds is 11. The number of nitrogens with two attached hydrogens (primary N) is 1. The lowest BCUT2D eigenvalue weighted by molar-refractivity contribution is -0.123. The minimum atomic E-state index is -0.774. The molecule has 0 aromatic rings. The third-order valence-electron chi connectivity index (χ3n) is 2.86. The van der Waals surface area contributed by atoms with E-state index in [9.17, 15) is 4.79 Å². The fraction of sp³-hybridized carbons (Fsp3) is 0.923. The van der Waals surface area contributed by atoms with Crippen molar-refractivity contribution in [2.45, 2.75) is 64.3 Å². The molecule has 17 heavy (non-hydrogen) atoms. The Morgan fingerprint density at radius 3 is 2.18 bits per heavy atom. The predicted octanol–water partition coefficient (Wildman–Crippen LogP) is 1.56. The summed E-state index contributed by atoms with van der Waals surface area (Å²) < 4.78 is 0. The van der Waals surface area contributed by atoms with Crippen LogP contribution in [-0.4, -0.2) is 30.2 Å². The maximum Gasteiger partial charge on any atom is 0.239 e. The number of carbonyl (C=O) groups excluding carboxylic acids is 1. The molecule has 0 aliphatic heterocycles. The van der Waals surface area contributed by atoms with Crippen molar-refractivity contribution in [3.63, 3.8) is 0 Å². The van der Waals surface area contributed by atoms with Gasteiger partial charge in [0.15, 0.2) is 0 Å². The molecule has 0 aliphatic rings. The van der Waals surface area contributed by atoms with Gasteiger partial charge in [-0.3, -0.25) is 4.79 Å². The number of unbranched alkanes of at least 4 members (excludes halogenated alkanes) is 7. The minimum absolute atomic E-state index is 0.254. The molecular weight excluding hydrogens is 216 g/mol. The monoisotopic (exact) mass is 244 g/mol. The lowest BCUT2D eigenvalue weighted by Crippen LogP contribution is -2.43. The van der Waals surface area contributed by atoms with Gasteiger partial charge in [-0.05, 0) is 6.42 Å². The highest BCUT2D eigenvalue weighted by atomic mass is 16.3. The highest BCUT2D eigenvalue weighted by Gasteiger charge is 2.09. The summed E-state index contributed by atoms with van der Waals surface area (Å²) in [4.78, 5) is 11.2. The molecule has 102 valence electrons. The van der Waals surface area contributed by atoms with Crippen LogP contribution < -0.4 is 11.1 Å². The van der Waals surface area contributed by atoms with E-state index in [1.165, 1.54) is 38.5 Å². The van der Waals surface area contributed by atoms with E-state index < -0.39 is 6.04 Å². The zero-order valence-corrected chi connectivity index (χ0v) is 11.1. The van der Waals surface area contributed by atoms with E-state index in [1.54, 1.807) is 0 Å². The maximum absolute atomic E-state index is 11.2. The fourth-order valence-corrected chi connectivity index (χ4v) is 1.68. The Labute approximate surface area is 105 Å². The Hall–Kier alpha value is -0.610. The molecule has 1 atom stereocenters. The van der Waals surface area contributed by atoms with E-state index in [1.807, 2.05) is 0 Å². The van der Waals surface area contributed by atoms with Crippen molar-refractivity contribution in [2.24, 2.45) is 5.73 Å². The van der Waals surface area contributed by atoms with Crippen LogP contribution in [0.3, 0.4) is 0 Å². The van der Waals surface area contributed by atoms with Gasteiger partial charge in [-0.25, -0.2) is 0 Å². The fourth-order valence-electron chi connectivity index (χ4n) is 1.68. The van der Waals surface area contributed by atoms with E-state index in [0.717, 1.165) is 12.8 Å². The number of aliphatic hydroxyl groups is 1. The van der Waals surface area contributed by atoms with E-state index >= 15 is 0 Å². The molecule has 1 amide bonds. The molecule has 0 spiro atoms. The summed E-state index contributed by atoms with van der Waals surface area (Å²) in [5.41, 5.74) is 5.36. The molecule has 0 rings (SSSR count). The Kier molecular flexibility index (Phi) is 11.4. The molecule has 0 heterocycles. The van der Waals surface area contributed by atoms with E-state index in [-0.39, 0.29) is 12.5 Å². The van der Waals surface area contributed by atoms with Crippen LogP contribution in [0, 0.1) is 0 Å². The number of carbonyl (C=O) groups is 1. The van der Waals surface area contributed by atoms with Gasteiger partial charge in [-0.1, -0.05) is 51.9 Å². The Bertz CT molecular complexity index is 186. The first-order chi connectivity index (χ1) is 8.22. The van der Waals surface area contributed by atoms with Crippen LogP contribution in [0.2, 0.25) is 0 Å². The molecule has 0 radical (unpaired) electrons. The molecular formula is C13H28N2O2. The van der Waals surface area contributed by atoms with Gasteiger partial charge in [-0.15, -0.1) is 0 Å². The van der Waals surface area contributed by atoms with Gasteiger partial charge in [0.2, 0.25) is 5.91 Å². The van der Waals surface area contributed by atoms with E-state index in [2.05, 4.69) is 12.2 Å². The predicted molar refractivity (Wildman–Crippen MR) is 70.7 cm³/mol. The van der Waals surface area contributed by atoms with Gasteiger partial charge in [0.05, 0.1) is 6.61 Å². The normalized spacial score (nSPS) is 12.4. The van der Waals surface area contributed by atoms with Crippen LogP contribution >= 0.6 is 0 Å². The summed E-state index contributed by atoms with van der Waals surface area (Å²) >= 11 is 0. The van der Waals surface area contributed by atoms with Crippen LogP contribution in [0.15, 0.2) is 0 Å². The van der Waals surface area contributed by atoms with Crippen molar-refractivity contribution in [1.82, 2.24) is 5.32 Å². The number of hydrogen-bond acceptors (Lipinski definition) is 3. The number of aliphatic hydroxyl groups excluding tert-OH is 1. The topological polar surface area (TPSA) is 75.4 Å². The van der Waals surface area contributed by atoms with Crippen LogP contribution in [0.25, 0.3) is 0 Å². The summed E-state index contributed by atoms with van der Waals surface area (Å²) in [7, 11) is 0. The molecule has 0 saturated heterocycles. The average Bonchev–Trinajstić information content (AvgIpc) is 2.35. The summed E-state index contributed by atoms with van der Waals surface area (Å²) in [5, 5.41) is 11.4. The van der Waals surface area contributed by atoms with Crippen molar-refractivity contribution < 1.29 is 9.90 Å². The lowest BCUT2D eigenvalue weighted by Gasteiger charge is -2.09. The van der Waals surface area contributed by atoms with Gasteiger partial charge in [0, 0.05) is 6.54 Å². The SMILES string of the molecule is CCCCCCCCCCNC(=O)[C@H](N)CO. The van der Waals surface area contributed by atoms with E-state index in [4.69, 9.17) is 10.8 Å². The quantitative estimate of drug-likeness (QED) is 0.483. The first kappa shape index (κ1) is 16.4. The van der Waals surface area contributed by atoms with Gasteiger partial charge in [0.1, 0.15) is 6.04 Å². The van der Waals surface area contributed by atoms with Crippen LogP contribution in [0.1, 0.15) is 58.3 Å². The molecule has 4 heteroatoms. The number of amides is 1. The molecule has 0 aromatic carbocycles. The molecule has 0 unspecified atom stereocenters. The van der Waals surface area contributed by atoms with Crippen molar-refractivity contribution in [1.29, 1.82) is 0 Å². The molecule has 0 fully saturated rings. The highest BCUT2D eigenvalue weighted by molar-refractivity contribution is 5.81. The second-order valence-electron chi connectivity index (χ2n) is 4.55. The van der Waals surface area contributed by atoms with E-state index in [0.29, 0.717) is 6.54 Å². The summed E-state index contributed by atoms with van der Waals surface area (Å²) in [6.45, 7) is 2.60. The van der Waals surface area contributed by atoms with Crippen molar-refractivity contribution in [3.05, 3.63) is 0 Å². The summed E-state index contributed by atoms with van der Waals surface area (Å²) in [5.74, 6) is -0.254. The zero-order chi connectivity index (χ0) is 12.9. The highest BCUT2D eigenvalue weighted by Crippen LogP contribution is 2.07. The molecule has 4 N–H and O–H groups in total. The summed E-state index contributed by atoms with van der Waals surface area (Å²) in [6, 6.07) is -0.774. The molecule has 4 nitrogen and oxygen atoms in total. The van der Waals surface area contributed by atoms with Gasteiger partial charge < -0.3 is 16.2 Å². The minimum Gasteiger partial charge on any atom is -0.394 e. The second kappa shape index (κ2) is 11.9. The van der Waals surface area contributed by atoms with Crippen LogP contribution in [-0.2, 0) is 4.79 Å². The Morgan fingerprint density at radius 2 is 1.65 bits per heavy atom. The van der Waals surface area contributed by atoms with Crippen molar-refractivity contribution >= 4 is 5.91 Å². The largest absolute Gasteiger partial charge is 0.394 e. The Balaban J connectivity index is 3.16. The van der Waals surface area contributed by atoms with Crippen LogP contribution in [0.4, 0.5) is 0 Å². The first-order valence-electron chi connectivity index (χ1n) is 6.86. The molecule has 0 bridgehead atoms. The third kappa shape index (κ3) is 10.3. The molecule has 0 aromatic heterocycles. The number of nitrogens with one attached hydrogen (secondary N) is 1. The third-order valence-corrected chi connectivity index (χ3v) is 2.86. The first-order valence-corrected chi connectivity index (χ1v) is 6.86. The van der Waals surface area contributed by atoms with Gasteiger partial charge >= 0.3 is 0 Å². The standard InChI is InChI=1S/C13H28N2O2/c1-2-3-4-5-6-7-8-9-10-15-13(17)12(14)11-16/h12,16H,2-11,14H2,1H3,(H,15,17)/t12-/m1/s1. The van der Waals surface area contributed by atoms with Crippen molar-refractivity contribution in [2.75, 3.05) is 13.2 Å². The number of hydrogen-bond donors (Lipinski definition) is 3. The van der Waals surface area contributed by atoms with Crippen LogP contribution in [0.5, 0.6) is 0 Å². The Morgan fingerprint density at radius 1 is 1.12 bits per heavy atom. The van der Waals surface area contributed by atoms with Crippen molar-refractivity contribution in [3.8, 4) is 0 Å². The molecule has 0 saturated carbocycles. The molecule has 0 aliphatic carbocycles. The average molecular weight is 244 g/mol. The van der Waals surface area contributed by atoms with Gasteiger partial charge in [-0.2, -0.15) is 0 Å². The lowest BCUT2D eigenvalue weighted by atomic mass is 10.1. The van der Waals surface area contributed by atoms with Gasteiger partial charge in [0.25, 0.3) is 0 Å². The second-order valence-corrected chi connectivity index (χ2v) is 4.55. The summed E-state index contributed by atoms with van der Waals surface area (Å²) in [6.07, 6.45) is 9.99. The zero-order valence-electron chi connectivity index (χ0n) is 11.1. The smallest absolute Gasteiger partial charge is 0.239 e.